The molecule has 11 heteroatoms. The first-order valence-electron chi connectivity index (χ1n) is 26.5. The molecule has 0 fully saturated rings. The SMILES string of the molecule is Cc1cc(C)c(B(c2c(C)cc(C)cc2C)c2cc(-c3c(C)cccc3C(F)(F)F)c3ccc4c(-c5c(C(F)(F)F)cccc5C(F)(F)F)cc(B(c5c(C)cc(C)cc5C)c5c(C)cc(C)cc5C)c5ccc2c3c54)c(C)c1. The smallest absolute Gasteiger partial charge is 0.166 e. The maximum absolute atomic E-state index is 15.8. The minimum absolute atomic E-state index is 0.0699. The van der Waals surface area contributed by atoms with E-state index in [9.17, 15) is 0 Å². The summed E-state index contributed by atoms with van der Waals surface area (Å²) >= 11 is 0. The highest BCUT2D eigenvalue weighted by molar-refractivity contribution is 6.99. The van der Waals surface area contributed by atoms with Crippen molar-refractivity contribution in [2.24, 2.45) is 0 Å². The minimum Gasteiger partial charge on any atom is -0.166 e. The van der Waals surface area contributed by atoms with Crippen LogP contribution in [0.2, 0.25) is 0 Å². The summed E-state index contributed by atoms with van der Waals surface area (Å²) in [5.41, 5.74) is 11.3. The van der Waals surface area contributed by atoms with Gasteiger partial charge in [0.05, 0.1) is 16.7 Å². The predicted octanol–water partition coefficient (Wildman–Crippen LogP) is 16.0. The fourth-order valence-corrected chi connectivity index (χ4v) is 14.0. The average Bonchev–Trinajstić information content (AvgIpc) is 2.64. The predicted molar refractivity (Wildman–Crippen MR) is 313 cm³/mol. The van der Waals surface area contributed by atoms with E-state index in [1.54, 1.807) is 19.1 Å². The first kappa shape index (κ1) is 55.1. The lowest BCUT2D eigenvalue weighted by Gasteiger charge is -2.30. The summed E-state index contributed by atoms with van der Waals surface area (Å²) in [5.74, 6) is 0. The molecule has 400 valence electrons. The van der Waals surface area contributed by atoms with Crippen molar-refractivity contribution in [3.63, 3.8) is 0 Å². The Morgan fingerprint density at radius 3 is 0.823 bits per heavy atom. The van der Waals surface area contributed by atoms with Gasteiger partial charge in [0.25, 0.3) is 0 Å². The molecule has 0 N–H and O–H groups in total. The molecule has 0 nitrogen and oxygen atoms in total. The van der Waals surface area contributed by atoms with E-state index in [-0.39, 0.29) is 22.1 Å². The van der Waals surface area contributed by atoms with Crippen LogP contribution in [-0.4, -0.2) is 13.4 Å². The van der Waals surface area contributed by atoms with Gasteiger partial charge in [0, 0.05) is 5.56 Å². The topological polar surface area (TPSA) is 0 Å². The molecule has 0 aliphatic carbocycles. The van der Waals surface area contributed by atoms with E-state index >= 15 is 39.5 Å². The van der Waals surface area contributed by atoms with Crippen molar-refractivity contribution in [1.82, 2.24) is 0 Å². The van der Waals surface area contributed by atoms with E-state index in [4.69, 9.17) is 0 Å². The molecule has 79 heavy (non-hydrogen) atoms. The zero-order valence-corrected chi connectivity index (χ0v) is 46.6. The van der Waals surface area contributed by atoms with E-state index in [0.29, 0.717) is 55.6 Å². The third kappa shape index (κ3) is 9.38. The summed E-state index contributed by atoms with van der Waals surface area (Å²) in [5, 5.41) is 2.40. The van der Waals surface area contributed by atoms with Gasteiger partial charge in [0.2, 0.25) is 13.4 Å². The van der Waals surface area contributed by atoms with Crippen LogP contribution in [0.15, 0.2) is 121 Å². The summed E-state index contributed by atoms with van der Waals surface area (Å²) in [6.45, 7) is 24.2. The Balaban J connectivity index is 1.54. The van der Waals surface area contributed by atoms with Gasteiger partial charge in [-0.3, -0.25) is 0 Å². The van der Waals surface area contributed by atoms with Crippen molar-refractivity contribution in [3.05, 3.63) is 210 Å². The van der Waals surface area contributed by atoms with E-state index < -0.39 is 54.2 Å². The molecule has 0 radical (unpaired) electrons. The van der Waals surface area contributed by atoms with Gasteiger partial charge in [-0.1, -0.05) is 203 Å². The molecule has 0 amide bonds. The average molecular weight is 1070 g/mol. The number of halogens is 9. The second-order valence-electron chi connectivity index (χ2n) is 22.4. The van der Waals surface area contributed by atoms with E-state index in [1.165, 1.54) is 18.2 Å². The van der Waals surface area contributed by atoms with Gasteiger partial charge >= 0.3 is 18.5 Å². The molecule has 10 aromatic carbocycles. The second kappa shape index (κ2) is 19.5. The molecule has 0 saturated heterocycles. The Morgan fingerprint density at radius 1 is 0.278 bits per heavy atom. The molecule has 0 atom stereocenters. The molecule has 10 aromatic rings. The van der Waals surface area contributed by atoms with Crippen molar-refractivity contribution in [3.8, 4) is 22.3 Å². The third-order valence-corrected chi connectivity index (χ3v) is 16.5. The normalized spacial score (nSPS) is 12.4. The highest BCUT2D eigenvalue weighted by Crippen LogP contribution is 2.50. The van der Waals surface area contributed by atoms with Crippen LogP contribution in [0.4, 0.5) is 39.5 Å². The molecule has 0 saturated carbocycles. The molecule has 0 aromatic heterocycles. The number of aryl methyl sites for hydroxylation is 13. The Kier molecular flexibility index (Phi) is 13.6. The van der Waals surface area contributed by atoms with Crippen LogP contribution >= 0.6 is 0 Å². The van der Waals surface area contributed by atoms with Crippen LogP contribution in [-0.2, 0) is 18.5 Å². The van der Waals surface area contributed by atoms with Gasteiger partial charge in [0.1, 0.15) is 0 Å². The summed E-state index contributed by atoms with van der Waals surface area (Å²) in [7, 11) is 0. The van der Waals surface area contributed by atoms with Crippen LogP contribution in [0.5, 0.6) is 0 Å². The molecule has 10 rings (SSSR count). The molecule has 0 bridgehead atoms. The number of rotatable bonds is 8. The van der Waals surface area contributed by atoms with Gasteiger partial charge in [-0.15, -0.1) is 0 Å². The monoisotopic (exact) mass is 1070 g/mol. The zero-order valence-electron chi connectivity index (χ0n) is 46.6. The summed E-state index contributed by atoms with van der Waals surface area (Å²) < 4.78 is 142. The van der Waals surface area contributed by atoms with Crippen LogP contribution in [0.1, 0.15) is 89.0 Å². The van der Waals surface area contributed by atoms with E-state index in [2.05, 4.69) is 24.3 Å². The Hall–Kier alpha value is -7.26. The maximum Gasteiger partial charge on any atom is 0.417 e. The molecular weight excluding hydrogens is 1010 g/mol. The van der Waals surface area contributed by atoms with E-state index in [0.717, 1.165) is 101 Å². The molecule has 0 aliphatic heterocycles. The van der Waals surface area contributed by atoms with Crippen molar-refractivity contribution in [2.75, 3.05) is 0 Å². The van der Waals surface area contributed by atoms with Gasteiger partial charge < -0.3 is 0 Å². The van der Waals surface area contributed by atoms with E-state index in [1.807, 2.05) is 126 Å². The van der Waals surface area contributed by atoms with Crippen molar-refractivity contribution in [1.29, 1.82) is 0 Å². The number of hydrogen-bond acceptors (Lipinski definition) is 0. The molecule has 0 unspecified atom stereocenters. The van der Waals surface area contributed by atoms with Gasteiger partial charge in [-0.2, -0.15) is 39.5 Å². The fourth-order valence-electron chi connectivity index (χ4n) is 14.0. The number of benzene rings is 10. The van der Waals surface area contributed by atoms with Gasteiger partial charge in [-0.25, -0.2) is 0 Å². The van der Waals surface area contributed by atoms with Gasteiger partial charge in [-0.05, 0) is 163 Å². The molecule has 0 spiro atoms. The standard InChI is InChI=1S/C68H59B2F9/c1-34-24-39(6)62(40(7)25-34)69(63-41(8)26-35(2)27-42(63)9)56-32-51(58-38(5)16-14-17-53(58)66(71,72)73)47-20-21-48-52(61-54(67(74,75)76)18-15-19-55(61)68(77,78)79)33-57(50-23-22-49(56)59(47)60(48)50)70(64-43(10)28-36(3)29-44(64)11)65-45(12)30-37(4)31-46(65)13/h14-33H,1-13H3. The number of hydrogen-bond donors (Lipinski definition) is 0. The first-order chi connectivity index (χ1) is 37.0. The highest BCUT2D eigenvalue weighted by atomic mass is 19.4. The first-order valence-corrected chi connectivity index (χ1v) is 26.5. The largest absolute Gasteiger partial charge is 0.417 e. The number of alkyl halides is 9. The summed E-state index contributed by atoms with van der Waals surface area (Å²) in [6, 6.07) is 33.2. The Bertz CT molecular complexity index is 3900. The molecular formula is C68H59B2F9. The molecule has 0 heterocycles. The van der Waals surface area contributed by atoms with Crippen molar-refractivity contribution >= 4 is 78.5 Å². The zero-order chi connectivity index (χ0) is 57.3. The van der Waals surface area contributed by atoms with Crippen LogP contribution < -0.4 is 32.8 Å². The highest BCUT2D eigenvalue weighted by Gasteiger charge is 2.43. The fraction of sp³-hybridized carbons (Fsp3) is 0.235. The Morgan fingerprint density at radius 2 is 0.532 bits per heavy atom. The Labute approximate surface area is 457 Å². The van der Waals surface area contributed by atoms with Crippen LogP contribution in [0.25, 0.3) is 54.6 Å². The lowest BCUT2D eigenvalue weighted by molar-refractivity contribution is -0.142. The third-order valence-electron chi connectivity index (χ3n) is 16.5. The quantitative estimate of drug-likeness (QED) is 0.0808. The lowest BCUT2D eigenvalue weighted by Crippen LogP contribution is -2.56. The second-order valence-corrected chi connectivity index (χ2v) is 22.4. The van der Waals surface area contributed by atoms with Crippen molar-refractivity contribution in [2.45, 2.75) is 109 Å². The maximum atomic E-state index is 15.8. The molecule has 0 aliphatic rings. The van der Waals surface area contributed by atoms with Crippen LogP contribution in [0, 0.1) is 90.0 Å². The summed E-state index contributed by atoms with van der Waals surface area (Å²) in [6.07, 6.45) is -15.3. The minimum atomic E-state index is -5.24. The van der Waals surface area contributed by atoms with Gasteiger partial charge in [0.15, 0.2) is 0 Å². The van der Waals surface area contributed by atoms with Crippen molar-refractivity contribution < 1.29 is 39.5 Å². The van der Waals surface area contributed by atoms with Crippen LogP contribution in [0.3, 0.4) is 0 Å². The lowest BCUT2D eigenvalue weighted by atomic mass is 9.33. The summed E-state index contributed by atoms with van der Waals surface area (Å²) in [4.78, 5) is 0.